The second-order valence-corrected chi connectivity index (χ2v) is 6.50. The lowest BCUT2D eigenvalue weighted by molar-refractivity contribution is -0.140. The summed E-state index contributed by atoms with van der Waals surface area (Å²) in [6, 6.07) is 9.27. The van der Waals surface area contributed by atoms with Crippen molar-refractivity contribution in [3.05, 3.63) is 35.9 Å². The van der Waals surface area contributed by atoms with Gasteiger partial charge in [-0.1, -0.05) is 37.3 Å². The molecule has 0 aromatic heterocycles. The largest absolute Gasteiger partial charge is 0.379 e. The summed E-state index contributed by atoms with van der Waals surface area (Å²) < 4.78 is 5.46. The Labute approximate surface area is 151 Å². The molecule has 0 spiro atoms. The Balaban J connectivity index is 2.60. The first kappa shape index (κ1) is 21.2. The van der Waals surface area contributed by atoms with Gasteiger partial charge in [-0.25, -0.2) is 0 Å². The average Bonchev–Trinajstić information content (AvgIpc) is 2.59. The first-order valence-electron chi connectivity index (χ1n) is 9.18. The summed E-state index contributed by atoms with van der Waals surface area (Å²) >= 11 is 0. The number of rotatable bonds is 11. The number of ether oxygens (including phenoxy) is 1. The first-order valence-corrected chi connectivity index (χ1v) is 9.18. The molecule has 0 bridgehead atoms. The number of hydrogen-bond donors (Lipinski definition) is 1. The summed E-state index contributed by atoms with van der Waals surface area (Å²) in [6.45, 7) is 9.36. The molecular formula is C20H32N2O3. The van der Waals surface area contributed by atoms with Crippen LogP contribution < -0.4 is 5.32 Å². The zero-order valence-corrected chi connectivity index (χ0v) is 16.0. The van der Waals surface area contributed by atoms with E-state index in [4.69, 9.17) is 4.74 Å². The van der Waals surface area contributed by atoms with E-state index in [9.17, 15) is 9.59 Å². The van der Waals surface area contributed by atoms with Crippen LogP contribution in [0.3, 0.4) is 0 Å². The lowest BCUT2D eigenvalue weighted by atomic mass is 10.1. The molecule has 1 aromatic carbocycles. The molecule has 1 N–H and O–H groups in total. The summed E-state index contributed by atoms with van der Waals surface area (Å²) in [4.78, 5) is 26.6. The number of nitrogens with zero attached hydrogens (tertiary/aromatic N) is 1. The Morgan fingerprint density at radius 2 is 1.84 bits per heavy atom. The third-order valence-electron chi connectivity index (χ3n) is 3.90. The Kier molecular flexibility index (Phi) is 9.85. The molecule has 0 heterocycles. The quantitative estimate of drug-likeness (QED) is 0.625. The minimum absolute atomic E-state index is 0.0112. The average molecular weight is 348 g/mol. The van der Waals surface area contributed by atoms with Gasteiger partial charge in [-0.15, -0.1) is 0 Å². The van der Waals surface area contributed by atoms with Gasteiger partial charge in [-0.3, -0.25) is 9.59 Å². The van der Waals surface area contributed by atoms with Crippen LogP contribution in [0.15, 0.2) is 30.3 Å². The van der Waals surface area contributed by atoms with Crippen molar-refractivity contribution in [1.29, 1.82) is 0 Å². The van der Waals surface area contributed by atoms with Crippen molar-refractivity contribution < 1.29 is 14.3 Å². The van der Waals surface area contributed by atoms with E-state index in [1.165, 1.54) is 0 Å². The molecule has 140 valence electrons. The van der Waals surface area contributed by atoms with Gasteiger partial charge in [0.1, 0.15) is 6.04 Å². The molecule has 1 atom stereocenters. The third kappa shape index (κ3) is 8.16. The van der Waals surface area contributed by atoms with Crippen LogP contribution in [-0.4, -0.2) is 42.0 Å². The molecule has 0 unspecified atom stereocenters. The van der Waals surface area contributed by atoms with Crippen LogP contribution in [0.1, 0.15) is 52.5 Å². The second-order valence-electron chi connectivity index (χ2n) is 6.50. The molecule has 25 heavy (non-hydrogen) atoms. The van der Waals surface area contributed by atoms with Gasteiger partial charge < -0.3 is 15.0 Å². The van der Waals surface area contributed by atoms with Gasteiger partial charge in [0, 0.05) is 26.1 Å². The van der Waals surface area contributed by atoms with Crippen LogP contribution in [0.2, 0.25) is 0 Å². The second kappa shape index (κ2) is 11.6. The highest BCUT2D eigenvalue weighted by atomic mass is 16.5. The van der Waals surface area contributed by atoms with Gasteiger partial charge in [-0.05, 0) is 39.2 Å². The van der Waals surface area contributed by atoms with Crippen molar-refractivity contribution >= 4 is 11.8 Å². The summed E-state index contributed by atoms with van der Waals surface area (Å²) in [5, 5.41) is 2.91. The van der Waals surface area contributed by atoms with Crippen molar-refractivity contribution in [2.45, 2.75) is 65.6 Å². The molecular weight excluding hydrogens is 316 g/mol. The van der Waals surface area contributed by atoms with E-state index in [1.54, 1.807) is 11.8 Å². The Morgan fingerprint density at radius 1 is 1.16 bits per heavy atom. The first-order chi connectivity index (χ1) is 12.0. The molecule has 5 heteroatoms. The number of nitrogens with one attached hydrogen (secondary N) is 1. The summed E-state index contributed by atoms with van der Waals surface area (Å²) in [6.07, 6.45) is 2.18. The number of carbonyl (C=O) groups excluding carboxylic acids is 2. The van der Waals surface area contributed by atoms with E-state index >= 15 is 0 Å². The highest BCUT2D eigenvalue weighted by molar-refractivity contribution is 5.87. The Bertz CT molecular complexity index is 517. The fraction of sp³-hybridized carbons (Fsp3) is 0.600. The molecule has 1 rings (SSSR count). The van der Waals surface area contributed by atoms with Crippen molar-refractivity contribution in [1.82, 2.24) is 10.2 Å². The zero-order valence-electron chi connectivity index (χ0n) is 16.0. The van der Waals surface area contributed by atoms with Crippen molar-refractivity contribution in [3.63, 3.8) is 0 Å². The maximum atomic E-state index is 12.5. The SMILES string of the molecule is CCCC(=O)N(Cc1ccccc1)[C@H](C)C(=O)NCCCOC(C)C. The number of hydrogen-bond acceptors (Lipinski definition) is 3. The third-order valence-corrected chi connectivity index (χ3v) is 3.90. The van der Waals surface area contributed by atoms with E-state index in [2.05, 4.69) is 5.32 Å². The van der Waals surface area contributed by atoms with Crippen molar-refractivity contribution in [2.24, 2.45) is 0 Å². The molecule has 0 aliphatic heterocycles. The van der Waals surface area contributed by atoms with Crippen molar-refractivity contribution in [3.8, 4) is 0 Å². The van der Waals surface area contributed by atoms with Gasteiger partial charge in [0.2, 0.25) is 11.8 Å². The van der Waals surface area contributed by atoms with Gasteiger partial charge in [-0.2, -0.15) is 0 Å². The number of carbonyl (C=O) groups is 2. The fourth-order valence-electron chi connectivity index (χ4n) is 2.47. The van der Waals surface area contributed by atoms with Crippen molar-refractivity contribution in [2.75, 3.05) is 13.2 Å². The highest BCUT2D eigenvalue weighted by Gasteiger charge is 2.25. The van der Waals surface area contributed by atoms with Crippen LogP contribution >= 0.6 is 0 Å². The van der Waals surface area contributed by atoms with E-state index < -0.39 is 6.04 Å². The maximum absolute atomic E-state index is 12.5. The standard InChI is InChI=1S/C20H32N2O3/c1-5-10-19(23)22(15-18-11-7-6-8-12-18)17(4)20(24)21-13-9-14-25-16(2)3/h6-8,11-12,16-17H,5,9-10,13-15H2,1-4H3,(H,21,24)/t17-/m1/s1. The Hall–Kier alpha value is -1.88. The molecule has 0 fully saturated rings. The topological polar surface area (TPSA) is 58.6 Å². The normalized spacial score (nSPS) is 12.0. The number of benzene rings is 1. The van der Waals surface area contributed by atoms with Crippen LogP contribution in [0.4, 0.5) is 0 Å². The lowest BCUT2D eigenvalue weighted by Gasteiger charge is -2.28. The summed E-state index contributed by atoms with van der Waals surface area (Å²) in [5.74, 6) is -0.109. The molecule has 0 saturated heterocycles. The van der Waals surface area contributed by atoms with E-state index in [1.807, 2.05) is 51.1 Å². The molecule has 1 aromatic rings. The van der Waals surface area contributed by atoms with Gasteiger partial charge in [0.25, 0.3) is 0 Å². The molecule has 0 aliphatic carbocycles. The van der Waals surface area contributed by atoms with Crippen LogP contribution in [0, 0.1) is 0 Å². The van der Waals surface area contributed by atoms with Gasteiger partial charge in [0.15, 0.2) is 0 Å². The minimum atomic E-state index is -0.495. The van der Waals surface area contributed by atoms with Crippen LogP contribution in [0.25, 0.3) is 0 Å². The van der Waals surface area contributed by atoms with E-state index in [0.717, 1.165) is 18.4 Å². The monoisotopic (exact) mass is 348 g/mol. The number of amides is 2. The van der Waals surface area contributed by atoms with Crippen LogP contribution in [-0.2, 0) is 20.9 Å². The van der Waals surface area contributed by atoms with Crippen LogP contribution in [0.5, 0.6) is 0 Å². The predicted molar refractivity (Wildman–Crippen MR) is 100 cm³/mol. The highest BCUT2D eigenvalue weighted by Crippen LogP contribution is 2.11. The maximum Gasteiger partial charge on any atom is 0.242 e. The van der Waals surface area contributed by atoms with Gasteiger partial charge in [0.05, 0.1) is 6.10 Å². The van der Waals surface area contributed by atoms with Gasteiger partial charge >= 0.3 is 0 Å². The zero-order chi connectivity index (χ0) is 18.7. The Morgan fingerprint density at radius 3 is 2.44 bits per heavy atom. The summed E-state index contributed by atoms with van der Waals surface area (Å²) in [5.41, 5.74) is 1.02. The van der Waals surface area contributed by atoms with E-state index in [0.29, 0.717) is 26.1 Å². The van der Waals surface area contributed by atoms with E-state index in [-0.39, 0.29) is 17.9 Å². The molecule has 2 amide bonds. The molecule has 5 nitrogen and oxygen atoms in total. The molecule has 0 aliphatic rings. The fourth-order valence-corrected chi connectivity index (χ4v) is 2.47. The lowest BCUT2D eigenvalue weighted by Crippen LogP contribution is -2.47. The smallest absolute Gasteiger partial charge is 0.242 e. The minimum Gasteiger partial charge on any atom is -0.379 e. The summed E-state index contributed by atoms with van der Waals surface area (Å²) in [7, 11) is 0. The molecule has 0 saturated carbocycles. The predicted octanol–water partition coefficient (Wildman–Crippen LogP) is 3.14. The molecule has 0 radical (unpaired) electrons.